The van der Waals surface area contributed by atoms with Crippen LogP contribution in [-0.2, 0) is 6.42 Å². The maximum atomic E-state index is 12.3. The summed E-state index contributed by atoms with van der Waals surface area (Å²) in [7, 11) is 1.81. The van der Waals surface area contributed by atoms with Crippen molar-refractivity contribution in [2.45, 2.75) is 6.42 Å². The molecule has 0 saturated carbocycles. The lowest BCUT2D eigenvalue weighted by molar-refractivity contribution is 0.0797. The summed E-state index contributed by atoms with van der Waals surface area (Å²) in [5, 5.41) is 1.84. The van der Waals surface area contributed by atoms with Crippen LogP contribution in [0.15, 0.2) is 36.0 Å². The molecule has 0 fully saturated rings. The molecule has 0 bridgehead atoms. The molecule has 1 amide bonds. The van der Waals surface area contributed by atoms with Crippen molar-refractivity contribution in [3.05, 3.63) is 52.0 Å². The summed E-state index contributed by atoms with van der Waals surface area (Å²) in [5.41, 5.74) is 7.19. The third kappa shape index (κ3) is 4.42. The summed E-state index contributed by atoms with van der Waals surface area (Å²) in [5.74, 6) is 5.75. The maximum Gasteiger partial charge on any atom is 0.254 e. The van der Waals surface area contributed by atoms with Crippen LogP contribution in [0, 0.1) is 11.8 Å². The van der Waals surface area contributed by atoms with E-state index < -0.39 is 0 Å². The van der Waals surface area contributed by atoms with E-state index in [0.717, 1.165) is 11.3 Å². The van der Waals surface area contributed by atoms with Crippen LogP contribution in [0.1, 0.15) is 20.8 Å². The van der Waals surface area contributed by atoms with E-state index in [-0.39, 0.29) is 5.91 Å². The zero-order valence-corrected chi connectivity index (χ0v) is 12.7. The molecule has 108 valence electrons. The normalized spacial score (nSPS) is 9.81. The zero-order chi connectivity index (χ0) is 15.1. The lowest BCUT2D eigenvalue weighted by Gasteiger charge is -2.16. The number of rotatable bonds is 4. The number of pyridine rings is 1. The first-order valence-corrected chi connectivity index (χ1v) is 7.50. The predicted octanol–water partition coefficient (Wildman–Crippen LogP) is 1.77. The van der Waals surface area contributed by atoms with Crippen LogP contribution in [0.3, 0.4) is 0 Å². The molecular formula is C16H17N3OS. The molecule has 2 rings (SSSR count). The van der Waals surface area contributed by atoms with Crippen LogP contribution in [0.2, 0.25) is 0 Å². The van der Waals surface area contributed by atoms with Gasteiger partial charge in [-0.25, -0.2) is 0 Å². The standard InChI is InChI=1S/C16H17N3OS/c1-19(10-6-13-4-8-18-9-5-13)16(20)14-11-15(21-12-14)3-2-7-17/h4-5,8-9,11-12H,6-7,10,17H2,1H3. The molecule has 21 heavy (non-hydrogen) atoms. The summed E-state index contributed by atoms with van der Waals surface area (Å²) in [6, 6.07) is 5.74. The second-order valence-electron chi connectivity index (χ2n) is 4.54. The molecule has 0 aliphatic heterocycles. The molecule has 2 heterocycles. The molecule has 0 radical (unpaired) electrons. The highest BCUT2D eigenvalue weighted by Gasteiger charge is 2.13. The van der Waals surface area contributed by atoms with Gasteiger partial charge in [0.1, 0.15) is 0 Å². The van der Waals surface area contributed by atoms with E-state index in [1.54, 1.807) is 17.3 Å². The average Bonchev–Trinajstić information content (AvgIpc) is 2.99. The van der Waals surface area contributed by atoms with Gasteiger partial charge in [0.25, 0.3) is 5.91 Å². The molecule has 0 spiro atoms. The second-order valence-corrected chi connectivity index (χ2v) is 5.45. The van der Waals surface area contributed by atoms with Crippen molar-refractivity contribution in [3.63, 3.8) is 0 Å². The molecule has 5 heteroatoms. The van der Waals surface area contributed by atoms with Crippen LogP contribution in [0.25, 0.3) is 0 Å². The molecule has 4 nitrogen and oxygen atoms in total. The Morgan fingerprint density at radius 1 is 1.43 bits per heavy atom. The van der Waals surface area contributed by atoms with Crippen LogP contribution in [0.5, 0.6) is 0 Å². The number of aromatic nitrogens is 1. The highest BCUT2D eigenvalue weighted by atomic mass is 32.1. The SMILES string of the molecule is CN(CCc1ccncc1)C(=O)c1csc(C#CCN)c1. The number of hydrogen-bond donors (Lipinski definition) is 1. The topological polar surface area (TPSA) is 59.2 Å². The van der Waals surface area contributed by atoms with E-state index in [9.17, 15) is 4.79 Å². The monoisotopic (exact) mass is 299 g/mol. The molecular weight excluding hydrogens is 282 g/mol. The van der Waals surface area contributed by atoms with E-state index >= 15 is 0 Å². The number of carbonyl (C=O) groups is 1. The van der Waals surface area contributed by atoms with Gasteiger partial charge in [0.15, 0.2) is 0 Å². The number of carbonyl (C=O) groups excluding carboxylic acids is 1. The van der Waals surface area contributed by atoms with Crippen molar-refractivity contribution in [1.29, 1.82) is 0 Å². The molecule has 2 N–H and O–H groups in total. The van der Waals surface area contributed by atoms with Gasteiger partial charge in [0.05, 0.1) is 17.0 Å². The van der Waals surface area contributed by atoms with Crippen molar-refractivity contribution < 1.29 is 4.79 Å². The van der Waals surface area contributed by atoms with Crippen molar-refractivity contribution in [1.82, 2.24) is 9.88 Å². The molecule has 0 saturated heterocycles. The minimum atomic E-state index is 0.0149. The minimum Gasteiger partial charge on any atom is -0.341 e. The third-order valence-corrected chi connectivity index (χ3v) is 3.84. The van der Waals surface area contributed by atoms with Crippen molar-refractivity contribution >= 4 is 17.2 Å². The summed E-state index contributed by atoms with van der Waals surface area (Å²) in [6.45, 7) is 0.996. The molecule has 0 unspecified atom stereocenters. The minimum absolute atomic E-state index is 0.0149. The Morgan fingerprint density at radius 3 is 2.90 bits per heavy atom. The van der Waals surface area contributed by atoms with Gasteiger partial charge in [-0.15, -0.1) is 11.3 Å². The highest BCUT2D eigenvalue weighted by molar-refractivity contribution is 7.10. The van der Waals surface area contributed by atoms with Gasteiger partial charge in [-0.05, 0) is 30.2 Å². The van der Waals surface area contributed by atoms with Crippen molar-refractivity contribution in [3.8, 4) is 11.8 Å². The van der Waals surface area contributed by atoms with Crippen LogP contribution in [-0.4, -0.2) is 35.9 Å². The lowest BCUT2D eigenvalue weighted by Crippen LogP contribution is -2.28. The van der Waals surface area contributed by atoms with E-state index in [2.05, 4.69) is 16.8 Å². The van der Waals surface area contributed by atoms with Gasteiger partial charge in [-0.2, -0.15) is 0 Å². The number of nitrogens with two attached hydrogens (primary N) is 1. The molecule has 2 aromatic rings. The Morgan fingerprint density at radius 2 is 2.19 bits per heavy atom. The summed E-state index contributed by atoms with van der Waals surface area (Å²) >= 11 is 1.46. The maximum absolute atomic E-state index is 12.3. The van der Waals surface area contributed by atoms with E-state index in [0.29, 0.717) is 18.7 Å². The predicted molar refractivity (Wildman–Crippen MR) is 85.2 cm³/mol. The average molecular weight is 299 g/mol. The number of nitrogens with zero attached hydrogens (tertiary/aromatic N) is 2. The fraction of sp³-hybridized carbons (Fsp3) is 0.250. The molecule has 0 atom stereocenters. The number of likely N-dealkylation sites (N-methyl/N-ethyl adjacent to an activating group) is 1. The largest absolute Gasteiger partial charge is 0.341 e. The quantitative estimate of drug-likeness (QED) is 0.875. The molecule has 0 aromatic carbocycles. The number of thiophene rings is 1. The van der Waals surface area contributed by atoms with Gasteiger partial charge >= 0.3 is 0 Å². The smallest absolute Gasteiger partial charge is 0.254 e. The van der Waals surface area contributed by atoms with Gasteiger partial charge in [0.2, 0.25) is 0 Å². The Labute approximate surface area is 128 Å². The lowest BCUT2D eigenvalue weighted by atomic mass is 10.2. The summed E-state index contributed by atoms with van der Waals surface area (Å²) in [4.78, 5) is 18.9. The van der Waals surface area contributed by atoms with Gasteiger partial charge in [-0.1, -0.05) is 11.8 Å². The highest BCUT2D eigenvalue weighted by Crippen LogP contribution is 2.15. The van der Waals surface area contributed by atoms with Crippen LogP contribution in [0.4, 0.5) is 0 Å². The van der Waals surface area contributed by atoms with E-state index in [1.165, 1.54) is 16.9 Å². The Bertz CT molecular complexity index is 655. The number of amides is 1. The van der Waals surface area contributed by atoms with E-state index in [4.69, 9.17) is 5.73 Å². The second kappa shape index (κ2) is 7.58. The Hall–Kier alpha value is -2.16. The Kier molecular flexibility index (Phi) is 5.50. The van der Waals surface area contributed by atoms with Crippen LogP contribution < -0.4 is 5.73 Å². The van der Waals surface area contributed by atoms with Gasteiger partial charge in [0, 0.05) is 31.4 Å². The zero-order valence-electron chi connectivity index (χ0n) is 11.9. The summed E-state index contributed by atoms with van der Waals surface area (Å²) in [6.07, 6.45) is 4.34. The van der Waals surface area contributed by atoms with Gasteiger partial charge in [-0.3, -0.25) is 9.78 Å². The number of hydrogen-bond acceptors (Lipinski definition) is 4. The van der Waals surface area contributed by atoms with Crippen molar-refractivity contribution in [2.24, 2.45) is 5.73 Å². The van der Waals surface area contributed by atoms with Crippen molar-refractivity contribution in [2.75, 3.05) is 20.1 Å². The molecule has 0 aliphatic rings. The first-order valence-electron chi connectivity index (χ1n) is 6.62. The fourth-order valence-electron chi connectivity index (χ4n) is 1.82. The molecule has 2 aromatic heterocycles. The summed E-state index contributed by atoms with van der Waals surface area (Å²) < 4.78 is 0. The fourth-order valence-corrected chi connectivity index (χ4v) is 2.57. The first-order chi connectivity index (χ1) is 10.2. The van der Waals surface area contributed by atoms with Gasteiger partial charge < -0.3 is 10.6 Å². The third-order valence-electron chi connectivity index (χ3n) is 2.99. The van der Waals surface area contributed by atoms with E-state index in [1.807, 2.05) is 30.6 Å². The molecule has 0 aliphatic carbocycles. The first kappa shape index (κ1) is 15.2. The Balaban J connectivity index is 1.94. The van der Waals surface area contributed by atoms with Crippen LogP contribution >= 0.6 is 11.3 Å².